The predicted molar refractivity (Wildman–Crippen MR) is 24.5 cm³/mol. The molecule has 0 aliphatic heterocycles. The normalized spacial score (nSPS) is 16.9. The standard InChI is InChI=1S/C4H5F3N2/c5-2(1-8)3(9)4(6)7/h2-4H,9H2. The lowest BCUT2D eigenvalue weighted by Gasteiger charge is -2.07. The van der Waals surface area contributed by atoms with Crippen molar-refractivity contribution in [2.75, 3.05) is 0 Å². The molecule has 0 aromatic rings. The highest BCUT2D eigenvalue weighted by Crippen LogP contribution is 2.04. The van der Waals surface area contributed by atoms with Gasteiger partial charge in [-0.25, -0.2) is 13.2 Å². The van der Waals surface area contributed by atoms with Gasteiger partial charge in [0.2, 0.25) is 6.17 Å². The van der Waals surface area contributed by atoms with Gasteiger partial charge in [0.1, 0.15) is 12.1 Å². The fourth-order valence-electron chi connectivity index (χ4n) is 0.214. The minimum Gasteiger partial charge on any atom is -0.320 e. The van der Waals surface area contributed by atoms with Gasteiger partial charge in [0.25, 0.3) is 6.43 Å². The molecule has 0 saturated heterocycles. The van der Waals surface area contributed by atoms with Crippen LogP contribution in [0, 0.1) is 11.3 Å². The first-order chi connectivity index (χ1) is 4.09. The van der Waals surface area contributed by atoms with Crippen LogP contribution in [-0.2, 0) is 0 Å². The van der Waals surface area contributed by atoms with Crippen LogP contribution >= 0.6 is 0 Å². The zero-order valence-corrected chi connectivity index (χ0v) is 4.39. The summed E-state index contributed by atoms with van der Waals surface area (Å²) in [7, 11) is 0. The summed E-state index contributed by atoms with van der Waals surface area (Å²) in [4.78, 5) is 0. The molecule has 0 heterocycles. The Labute approximate surface area is 50.1 Å². The first kappa shape index (κ1) is 8.24. The second-order valence-electron chi connectivity index (χ2n) is 1.44. The van der Waals surface area contributed by atoms with Gasteiger partial charge in [-0.1, -0.05) is 0 Å². The summed E-state index contributed by atoms with van der Waals surface area (Å²) in [6.45, 7) is 0. The quantitative estimate of drug-likeness (QED) is 0.601. The fraction of sp³-hybridized carbons (Fsp3) is 0.750. The predicted octanol–water partition coefficient (Wildman–Crippen LogP) is 0.440. The SMILES string of the molecule is N#CC(F)C(N)C(F)F. The average Bonchev–Trinajstić information content (AvgIpc) is 1.84. The van der Waals surface area contributed by atoms with Gasteiger partial charge in [-0.05, 0) is 0 Å². The van der Waals surface area contributed by atoms with Crippen LogP contribution in [0.3, 0.4) is 0 Å². The van der Waals surface area contributed by atoms with E-state index < -0.39 is 18.6 Å². The molecule has 0 aromatic carbocycles. The molecule has 2 N–H and O–H groups in total. The third-order valence-electron chi connectivity index (χ3n) is 0.752. The Kier molecular flexibility index (Phi) is 3.02. The van der Waals surface area contributed by atoms with Gasteiger partial charge in [-0.15, -0.1) is 0 Å². The Bertz CT molecular complexity index is 119. The van der Waals surface area contributed by atoms with E-state index in [1.165, 1.54) is 0 Å². The van der Waals surface area contributed by atoms with Crippen LogP contribution in [0.5, 0.6) is 0 Å². The molecule has 0 bridgehead atoms. The minimum atomic E-state index is -2.97. The maximum absolute atomic E-state index is 11.8. The van der Waals surface area contributed by atoms with Crippen molar-refractivity contribution in [3.05, 3.63) is 0 Å². The maximum atomic E-state index is 11.8. The third-order valence-corrected chi connectivity index (χ3v) is 0.752. The number of nitrogens with two attached hydrogens (primary N) is 1. The number of hydrogen-bond donors (Lipinski definition) is 1. The van der Waals surface area contributed by atoms with E-state index in [1.54, 1.807) is 0 Å². The Morgan fingerprint density at radius 1 is 1.33 bits per heavy atom. The Balaban J connectivity index is 3.76. The first-order valence-electron chi connectivity index (χ1n) is 2.17. The first-order valence-corrected chi connectivity index (χ1v) is 2.17. The van der Waals surface area contributed by atoms with Crippen molar-refractivity contribution in [1.29, 1.82) is 5.26 Å². The second kappa shape index (κ2) is 3.30. The molecule has 0 radical (unpaired) electrons. The molecule has 2 atom stereocenters. The summed E-state index contributed by atoms with van der Waals surface area (Å²) in [5.74, 6) is 0. The van der Waals surface area contributed by atoms with Crippen LogP contribution in [0.1, 0.15) is 0 Å². The highest BCUT2D eigenvalue weighted by Gasteiger charge is 2.25. The van der Waals surface area contributed by atoms with Gasteiger partial charge in [0, 0.05) is 0 Å². The molecular formula is C4H5F3N2. The van der Waals surface area contributed by atoms with Gasteiger partial charge in [-0.3, -0.25) is 0 Å². The van der Waals surface area contributed by atoms with Crippen molar-refractivity contribution in [2.45, 2.75) is 18.6 Å². The van der Waals surface area contributed by atoms with Crippen molar-refractivity contribution in [2.24, 2.45) is 5.73 Å². The molecule has 9 heavy (non-hydrogen) atoms. The van der Waals surface area contributed by atoms with E-state index in [-0.39, 0.29) is 0 Å². The summed E-state index contributed by atoms with van der Waals surface area (Å²) >= 11 is 0. The monoisotopic (exact) mass is 138 g/mol. The molecule has 0 amide bonds. The van der Waals surface area contributed by atoms with Crippen LogP contribution in [0.2, 0.25) is 0 Å². The van der Waals surface area contributed by atoms with Crippen LogP contribution in [0.4, 0.5) is 13.2 Å². The molecule has 0 aliphatic rings. The summed E-state index contributed by atoms with van der Waals surface area (Å²) in [5.41, 5.74) is 4.52. The van der Waals surface area contributed by atoms with Crippen LogP contribution < -0.4 is 5.73 Å². The number of nitriles is 1. The van der Waals surface area contributed by atoms with Crippen molar-refractivity contribution in [3.63, 3.8) is 0 Å². The van der Waals surface area contributed by atoms with Gasteiger partial charge >= 0.3 is 0 Å². The largest absolute Gasteiger partial charge is 0.320 e. The summed E-state index contributed by atoms with van der Waals surface area (Å²) in [6.07, 6.45) is -5.25. The molecule has 5 heteroatoms. The average molecular weight is 138 g/mol. The van der Waals surface area contributed by atoms with Gasteiger partial charge in [-0.2, -0.15) is 5.26 Å². The second-order valence-corrected chi connectivity index (χ2v) is 1.44. The molecule has 2 nitrogen and oxygen atoms in total. The zero-order chi connectivity index (χ0) is 7.44. The van der Waals surface area contributed by atoms with Crippen molar-refractivity contribution in [3.8, 4) is 6.07 Å². The maximum Gasteiger partial charge on any atom is 0.257 e. The molecule has 2 unspecified atom stereocenters. The van der Waals surface area contributed by atoms with Gasteiger partial charge in [0.15, 0.2) is 0 Å². The van der Waals surface area contributed by atoms with E-state index in [9.17, 15) is 13.2 Å². The molecule has 0 saturated carbocycles. The lowest BCUT2D eigenvalue weighted by atomic mass is 10.2. The van der Waals surface area contributed by atoms with E-state index in [1.807, 2.05) is 0 Å². The molecule has 0 aromatic heterocycles. The Morgan fingerprint density at radius 3 is 1.89 bits per heavy atom. The van der Waals surface area contributed by atoms with Gasteiger partial charge in [0.05, 0.1) is 0 Å². The van der Waals surface area contributed by atoms with E-state index in [0.29, 0.717) is 0 Å². The lowest BCUT2D eigenvalue weighted by molar-refractivity contribution is 0.0887. The van der Waals surface area contributed by atoms with Crippen molar-refractivity contribution in [1.82, 2.24) is 0 Å². The topological polar surface area (TPSA) is 49.8 Å². The number of nitrogens with zero attached hydrogens (tertiary/aromatic N) is 1. The van der Waals surface area contributed by atoms with Gasteiger partial charge < -0.3 is 5.73 Å². The van der Waals surface area contributed by atoms with E-state index in [4.69, 9.17) is 5.26 Å². The molecular weight excluding hydrogens is 133 g/mol. The van der Waals surface area contributed by atoms with Crippen LogP contribution in [-0.4, -0.2) is 18.6 Å². The van der Waals surface area contributed by atoms with E-state index in [2.05, 4.69) is 5.73 Å². The summed E-state index contributed by atoms with van der Waals surface area (Å²) in [6, 6.07) is -1.00. The number of alkyl halides is 3. The number of hydrogen-bond acceptors (Lipinski definition) is 2. The molecule has 0 aliphatic carbocycles. The van der Waals surface area contributed by atoms with Crippen LogP contribution in [0.25, 0.3) is 0 Å². The Hall–Kier alpha value is -0.760. The smallest absolute Gasteiger partial charge is 0.257 e. The highest BCUT2D eigenvalue weighted by atomic mass is 19.3. The lowest BCUT2D eigenvalue weighted by Crippen LogP contribution is -2.37. The molecule has 0 rings (SSSR count). The number of halogens is 3. The molecule has 0 fully saturated rings. The van der Waals surface area contributed by atoms with E-state index in [0.717, 1.165) is 6.07 Å². The van der Waals surface area contributed by atoms with E-state index >= 15 is 0 Å². The van der Waals surface area contributed by atoms with Crippen molar-refractivity contribution < 1.29 is 13.2 Å². The van der Waals surface area contributed by atoms with Crippen LogP contribution in [0.15, 0.2) is 0 Å². The molecule has 0 spiro atoms. The Morgan fingerprint density at radius 2 is 1.78 bits per heavy atom. The fourth-order valence-corrected chi connectivity index (χ4v) is 0.214. The highest BCUT2D eigenvalue weighted by molar-refractivity contribution is 4.92. The third kappa shape index (κ3) is 2.33. The minimum absolute atomic E-state index is 0.974. The summed E-state index contributed by atoms with van der Waals surface area (Å²) < 4.78 is 34.5. The zero-order valence-electron chi connectivity index (χ0n) is 4.39. The van der Waals surface area contributed by atoms with Crippen molar-refractivity contribution >= 4 is 0 Å². The summed E-state index contributed by atoms with van der Waals surface area (Å²) in [5, 5.41) is 7.72. The molecule has 52 valence electrons. The number of rotatable bonds is 2.